The van der Waals surface area contributed by atoms with Crippen molar-refractivity contribution >= 4 is 35.0 Å². The Hall–Kier alpha value is -4.01. The molecule has 3 rings (SSSR count). The van der Waals surface area contributed by atoms with E-state index in [1.54, 1.807) is 31.2 Å². The number of esters is 1. The summed E-state index contributed by atoms with van der Waals surface area (Å²) >= 11 is 0. The van der Waals surface area contributed by atoms with E-state index in [0.29, 0.717) is 23.4 Å². The van der Waals surface area contributed by atoms with Crippen LogP contribution in [0.15, 0.2) is 53.1 Å². The van der Waals surface area contributed by atoms with Crippen LogP contribution in [0.5, 0.6) is 5.75 Å². The van der Waals surface area contributed by atoms with Gasteiger partial charge in [-0.2, -0.15) is 10.1 Å². The molecule has 0 aliphatic carbocycles. The van der Waals surface area contributed by atoms with Crippen LogP contribution in [0.25, 0.3) is 6.08 Å². The second-order valence-corrected chi connectivity index (χ2v) is 6.71. The normalized spacial score (nSPS) is 14.6. The molecule has 0 atom stereocenters. The lowest BCUT2D eigenvalue weighted by Gasteiger charge is -2.12. The van der Waals surface area contributed by atoms with E-state index in [4.69, 9.17) is 4.74 Å². The lowest BCUT2D eigenvalue weighted by Crippen LogP contribution is -2.21. The Morgan fingerprint density at radius 1 is 1.23 bits per heavy atom. The predicted molar refractivity (Wildman–Crippen MR) is 115 cm³/mol. The van der Waals surface area contributed by atoms with Crippen LogP contribution in [-0.2, 0) is 9.53 Å². The van der Waals surface area contributed by atoms with Gasteiger partial charge in [0.1, 0.15) is 0 Å². The third-order valence-corrected chi connectivity index (χ3v) is 4.61. The van der Waals surface area contributed by atoms with Gasteiger partial charge in [-0.25, -0.2) is 4.79 Å². The van der Waals surface area contributed by atoms with Crippen molar-refractivity contribution in [1.29, 1.82) is 0 Å². The number of benzene rings is 2. The number of para-hydroxylation sites is 1. The number of hydrazone groups is 1. The van der Waals surface area contributed by atoms with Gasteiger partial charge in [-0.05, 0) is 43.7 Å². The van der Waals surface area contributed by atoms with Gasteiger partial charge in [-0.1, -0.05) is 25.5 Å². The molecule has 1 amide bonds. The van der Waals surface area contributed by atoms with Crippen molar-refractivity contribution in [2.45, 2.75) is 26.7 Å². The molecule has 0 aromatic heterocycles. The number of nitro groups is 1. The van der Waals surface area contributed by atoms with Gasteiger partial charge in [0.2, 0.25) is 5.75 Å². The van der Waals surface area contributed by atoms with E-state index in [0.717, 1.165) is 6.42 Å². The summed E-state index contributed by atoms with van der Waals surface area (Å²) in [6.45, 7) is 3.91. The minimum Gasteiger partial charge on any atom is -0.502 e. The van der Waals surface area contributed by atoms with Gasteiger partial charge in [0.25, 0.3) is 5.91 Å². The first-order valence-electron chi connectivity index (χ1n) is 9.74. The Morgan fingerprint density at radius 2 is 1.94 bits per heavy atom. The fourth-order valence-electron chi connectivity index (χ4n) is 3.12. The third-order valence-electron chi connectivity index (χ3n) is 4.61. The zero-order chi connectivity index (χ0) is 22.5. The summed E-state index contributed by atoms with van der Waals surface area (Å²) in [7, 11) is 0. The average molecular weight is 423 g/mol. The van der Waals surface area contributed by atoms with Crippen molar-refractivity contribution in [2.24, 2.45) is 5.10 Å². The maximum absolute atomic E-state index is 13.1. The molecule has 1 N–H and O–H groups in total. The molecular formula is C22H21N3O6. The van der Waals surface area contributed by atoms with Gasteiger partial charge >= 0.3 is 11.7 Å². The minimum atomic E-state index is -0.688. The highest BCUT2D eigenvalue weighted by Gasteiger charge is 2.31. The van der Waals surface area contributed by atoms with Crippen molar-refractivity contribution in [3.63, 3.8) is 0 Å². The number of aromatic hydroxyl groups is 1. The second kappa shape index (κ2) is 9.21. The highest BCUT2D eigenvalue weighted by atomic mass is 16.6. The van der Waals surface area contributed by atoms with Crippen molar-refractivity contribution in [3.05, 3.63) is 69.3 Å². The molecule has 0 radical (unpaired) electrons. The molecule has 2 aromatic rings. The predicted octanol–water partition coefficient (Wildman–Crippen LogP) is 4.06. The standard InChI is InChI=1S/C22H21N3O6/c1-3-6-18-17(13-15-7-5-8-19(20(15)26)25(29)30)21(27)24(23-18)16-11-9-14(10-12-16)22(28)31-4-2/h5,7-13,26H,3-4,6H2,1-2H3/b17-13+. The summed E-state index contributed by atoms with van der Waals surface area (Å²) in [5, 5.41) is 26.9. The first kappa shape index (κ1) is 21.7. The molecule has 0 fully saturated rings. The lowest BCUT2D eigenvalue weighted by atomic mass is 10.0. The number of ether oxygens (including phenoxy) is 1. The molecule has 9 heteroatoms. The van der Waals surface area contributed by atoms with Crippen LogP contribution in [0.1, 0.15) is 42.6 Å². The number of phenolic OH excluding ortho intramolecular Hbond substituents is 1. The van der Waals surface area contributed by atoms with E-state index in [2.05, 4.69) is 5.10 Å². The van der Waals surface area contributed by atoms with Crippen molar-refractivity contribution < 1.29 is 24.4 Å². The lowest BCUT2D eigenvalue weighted by molar-refractivity contribution is -0.385. The third kappa shape index (κ3) is 4.45. The van der Waals surface area contributed by atoms with Crippen LogP contribution in [0.2, 0.25) is 0 Å². The van der Waals surface area contributed by atoms with E-state index in [1.165, 1.54) is 29.3 Å². The molecular weight excluding hydrogens is 402 g/mol. The highest BCUT2D eigenvalue weighted by molar-refractivity contribution is 6.32. The molecule has 0 spiro atoms. The summed E-state index contributed by atoms with van der Waals surface area (Å²) in [5.74, 6) is -1.40. The summed E-state index contributed by atoms with van der Waals surface area (Å²) in [5.41, 5.74) is 1.27. The number of phenols is 1. The monoisotopic (exact) mass is 423 g/mol. The Kier molecular flexibility index (Phi) is 6.44. The van der Waals surface area contributed by atoms with Gasteiger partial charge in [0.15, 0.2) is 0 Å². The number of carbonyl (C=O) groups excluding carboxylic acids is 2. The number of rotatable bonds is 7. The Balaban J connectivity index is 1.96. The van der Waals surface area contributed by atoms with Gasteiger partial charge in [0.05, 0.1) is 34.1 Å². The van der Waals surface area contributed by atoms with E-state index in [9.17, 15) is 24.8 Å². The number of amides is 1. The number of carbonyl (C=O) groups is 2. The topological polar surface area (TPSA) is 122 Å². The summed E-state index contributed by atoms with van der Waals surface area (Å²) < 4.78 is 4.96. The molecule has 1 heterocycles. The number of nitro benzene ring substituents is 1. The number of hydrogen-bond donors (Lipinski definition) is 1. The molecule has 2 aromatic carbocycles. The molecule has 0 saturated heterocycles. The van der Waals surface area contributed by atoms with Crippen LogP contribution in [0.3, 0.4) is 0 Å². The van der Waals surface area contributed by atoms with E-state index >= 15 is 0 Å². The molecule has 0 bridgehead atoms. The van der Waals surface area contributed by atoms with E-state index in [-0.39, 0.29) is 17.7 Å². The zero-order valence-electron chi connectivity index (χ0n) is 17.1. The Bertz CT molecular complexity index is 1090. The van der Waals surface area contributed by atoms with Crippen LogP contribution in [0, 0.1) is 10.1 Å². The first-order valence-corrected chi connectivity index (χ1v) is 9.74. The fraction of sp³-hybridized carbons (Fsp3) is 0.227. The van der Waals surface area contributed by atoms with Crippen LogP contribution < -0.4 is 5.01 Å². The second-order valence-electron chi connectivity index (χ2n) is 6.71. The minimum absolute atomic E-state index is 0.154. The van der Waals surface area contributed by atoms with Crippen molar-refractivity contribution in [2.75, 3.05) is 11.6 Å². The van der Waals surface area contributed by atoms with Gasteiger partial charge < -0.3 is 9.84 Å². The first-order chi connectivity index (χ1) is 14.9. The molecule has 1 aliphatic heterocycles. The molecule has 0 saturated carbocycles. The van der Waals surface area contributed by atoms with Crippen molar-refractivity contribution in [3.8, 4) is 5.75 Å². The van der Waals surface area contributed by atoms with Gasteiger partial charge in [-0.3, -0.25) is 14.9 Å². The average Bonchev–Trinajstić information content (AvgIpc) is 3.05. The van der Waals surface area contributed by atoms with Crippen LogP contribution in [-0.4, -0.2) is 34.2 Å². The summed E-state index contributed by atoms with van der Waals surface area (Å²) in [4.78, 5) is 35.3. The highest BCUT2D eigenvalue weighted by Crippen LogP contribution is 2.33. The summed E-state index contributed by atoms with van der Waals surface area (Å²) in [6, 6.07) is 10.4. The Morgan fingerprint density at radius 3 is 2.55 bits per heavy atom. The molecule has 31 heavy (non-hydrogen) atoms. The van der Waals surface area contributed by atoms with Gasteiger partial charge in [-0.15, -0.1) is 0 Å². The smallest absolute Gasteiger partial charge is 0.338 e. The maximum atomic E-state index is 13.1. The maximum Gasteiger partial charge on any atom is 0.338 e. The number of hydrogen-bond acceptors (Lipinski definition) is 7. The number of anilines is 1. The molecule has 1 aliphatic rings. The van der Waals surface area contributed by atoms with Crippen molar-refractivity contribution in [1.82, 2.24) is 0 Å². The molecule has 0 unspecified atom stereocenters. The number of nitrogens with zero attached hydrogens (tertiary/aromatic N) is 3. The SMILES string of the molecule is CCCC1=NN(c2ccc(C(=O)OCC)cc2)C(=O)/C1=C/c1cccc([N+](=O)[O-])c1O. The van der Waals surface area contributed by atoms with Crippen LogP contribution >= 0.6 is 0 Å². The zero-order valence-corrected chi connectivity index (χ0v) is 17.1. The van der Waals surface area contributed by atoms with Gasteiger partial charge in [0, 0.05) is 11.6 Å². The summed E-state index contributed by atoms with van der Waals surface area (Å²) in [6.07, 6.45) is 2.64. The molecule has 160 valence electrons. The van der Waals surface area contributed by atoms with Crippen LogP contribution in [0.4, 0.5) is 11.4 Å². The van der Waals surface area contributed by atoms with E-state index in [1.807, 2.05) is 6.92 Å². The Labute approximate surface area is 178 Å². The quantitative estimate of drug-likeness (QED) is 0.310. The fourth-order valence-corrected chi connectivity index (χ4v) is 3.12. The van der Waals surface area contributed by atoms with E-state index < -0.39 is 28.2 Å². The largest absolute Gasteiger partial charge is 0.502 e. The molecule has 9 nitrogen and oxygen atoms in total.